The van der Waals surface area contributed by atoms with Gasteiger partial charge in [0, 0.05) is 18.1 Å². The van der Waals surface area contributed by atoms with Crippen LogP contribution in [0.15, 0.2) is 11.6 Å². The number of aromatic nitrogens is 1. The Bertz CT molecular complexity index is 300. The summed E-state index contributed by atoms with van der Waals surface area (Å²) in [6.07, 6.45) is 1.77. The summed E-state index contributed by atoms with van der Waals surface area (Å²) in [6, 6.07) is 0. The van der Waals surface area contributed by atoms with Gasteiger partial charge in [0.15, 0.2) is 0 Å². The highest BCUT2D eigenvalue weighted by molar-refractivity contribution is 7.09. The van der Waals surface area contributed by atoms with E-state index in [2.05, 4.69) is 9.88 Å². The zero-order valence-electron chi connectivity index (χ0n) is 9.01. The van der Waals surface area contributed by atoms with Crippen LogP contribution < -0.4 is 0 Å². The number of carboxylic acid groups (broad SMARTS) is 1. The molecule has 84 valence electrons. The van der Waals surface area contributed by atoms with Gasteiger partial charge in [0.05, 0.1) is 12.5 Å². The third-order valence-corrected chi connectivity index (χ3v) is 3.01. The first-order valence-corrected chi connectivity index (χ1v) is 5.85. The maximum Gasteiger partial charge on any atom is 0.307 e. The molecule has 5 heteroatoms. The average molecular weight is 228 g/mol. The topological polar surface area (TPSA) is 53.4 Å². The Morgan fingerprint density at radius 2 is 2.47 bits per heavy atom. The van der Waals surface area contributed by atoms with E-state index in [9.17, 15) is 4.79 Å². The van der Waals surface area contributed by atoms with E-state index in [1.165, 1.54) is 0 Å². The molecule has 0 aliphatic rings. The van der Waals surface area contributed by atoms with Crippen molar-refractivity contribution >= 4 is 17.3 Å². The van der Waals surface area contributed by atoms with Crippen LogP contribution in [0.3, 0.4) is 0 Å². The molecule has 0 saturated heterocycles. The highest BCUT2D eigenvalue weighted by atomic mass is 32.1. The van der Waals surface area contributed by atoms with Crippen LogP contribution in [-0.2, 0) is 11.3 Å². The van der Waals surface area contributed by atoms with Gasteiger partial charge in [-0.1, -0.05) is 13.8 Å². The summed E-state index contributed by atoms with van der Waals surface area (Å²) in [5, 5.41) is 11.8. The molecule has 0 saturated carbocycles. The third-order valence-electron chi connectivity index (χ3n) is 2.24. The van der Waals surface area contributed by atoms with Crippen LogP contribution in [0.4, 0.5) is 0 Å². The maximum atomic E-state index is 10.7. The fourth-order valence-electron chi connectivity index (χ4n) is 1.29. The van der Waals surface area contributed by atoms with Gasteiger partial charge in [0.2, 0.25) is 0 Å². The van der Waals surface area contributed by atoms with Gasteiger partial charge in [0.25, 0.3) is 0 Å². The molecule has 1 atom stereocenters. The summed E-state index contributed by atoms with van der Waals surface area (Å²) in [4.78, 5) is 17.0. The summed E-state index contributed by atoms with van der Waals surface area (Å²) in [5.41, 5.74) is 0. The second kappa shape index (κ2) is 5.82. The molecule has 0 aromatic carbocycles. The van der Waals surface area contributed by atoms with Crippen LogP contribution in [0.25, 0.3) is 0 Å². The molecular weight excluding hydrogens is 212 g/mol. The molecule has 0 amide bonds. The van der Waals surface area contributed by atoms with Gasteiger partial charge in [-0.25, -0.2) is 4.98 Å². The summed E-state index contributed by atoms with van der Waals surface area (Å²) >= 11 is 1.60. The number of aliphatic carboxylic acids is 1. The lowest BCUT2D eigenvalue weighted by atomic mass is 10.2. The number of carboxylic acids is 1. The maximum absolute atomic E-state index is 10.7. The Morgan fingerprint density at radius 1 is 1.73 bits per heavy atom. The molecule has 1 aromatic heterocycles. The van der Waals surface area contributed by atoms with Crippen molar-refractivity contribution in [1.29, 1.82) is 0 Å². The van der Waals surface area contributed by atoms with Crippen molar-refractivity contribution < 1.29 is 9.90 Å². The smallest absolute Gasteiger partial charge is 0.307 e. The summed E-state index contributed by atoms with van der Waals surface area (Å²) in [7, 11) is 0. The molecule has 0 spiro atoms. The largest absolute Gasteiger partial charge is 0.481 e. The van der Waals surface area contributed by atoms with E-state index in [1.54, 1.807) is 24.5 Å². The van der Waals surface area contributed by atoms with Crippen molar-refractivity contribution in [2.75, 3.05) is 13.1 Å². The number of nitrogens with zero attached hydrogens (tertiary/aromatic N) is 2. The molecule has 1 aromatic rings. The van der Waals surface area contributed by atoms with E-state index < -0.39 is 5.97 Å². The Kier molecular flexibility index (Phi) is 4.71. The zero-order chi connectivity index (χ0) is 11.3. The minimum absolute atomic E-state index is 0.329. The summed E-state index contributed by atoms with van der Waals surface area (Å²) in [5.74, 6) is -1.07. The number of hydrogen-bond acceptors (Lipinski definition) is 4. The van der Waals surface area contributed by atoms with Crippen molar-refractivity contribution in [3.63, 3.8) is 0 Å². The molecule has 1 heterocycles. The molecule has 0 radical (unpaired) electrons. The Balaban J connectivity index is 2.46. The monoisotopic (exact) mass is 228 g/mol. The van der Waals surface area contributed by atoms with E-state index in [4.69, 9.17) is 5.11 Å². The van der Waals surface area contributed by atoms with Crippen LogP contribution >= 0.6 is 11.3 Å². The predicted molar refractivity (Wildman–Crippen MR) is 59.9 cm³/mol. The first-order valence-electron chi connectivity index (χ1n) is 4.97. The number of thiazole rings is 1. The van der Waals surface area contributed by atoms with E-state index >= 15 is 0 Å². The minimum atomic E-state index is -0.743. The molecule has 0 bridgehead atoms. The van der Waals surface area contributed by atoms with Crippen molar-refractivity contribution in [3.8, 4) is 0 Å². The predicted octanol–water partition coefficient (Wildman–Crippen LogP) is 1.69. The summed E-state index contributed by atoms with van der Waals surface area (Å²) < 4.78 is 0. The second-order valence-corrected chi connectivity index (χ2v) is 4.47. The van der Waals surface area contributed by atoms with Gasteiger partial charge in [0.1, 0.15) is 5.01 Å². The number of hydrogen-bond donors (Lipinski definition) is 1. The van der Waals surface area contributed by atoms with E-state index in [0.717, 1.165) is 18.1 Å². The summed E-state index contributed by atoms with van der Waals surface area (Å²) in [6.45, 7) is 5.92. The standard InChI is InChI=1S/C10H16N2O2S/c1-3-12(6-8(2)10(13)14)7-9-11-4-5-15-9/h4-5,8H,3,6-7H2,1-2H3,(H,13,14). The van der Waals surface area contributed by atoms with Crippen LogP contribution in [0.5, 0.6) is 0 Å². The minimum Gasteiger partial charge on any atom is -0.481 e. The van der Waals surface area contributed by atoms with Gasteiger partial charge < -0.3 is 5.11 Å². The second-order valence-electron chi connectivity index (χ2n) is 3.49. The first kappa shape index (κ1) is 12.1. The van der Waals surface area contributed by atoms with E-state index in [-0.39, 0.29) is 5.92 Å². The molecule has 0 aliphatic heterocycles. The SMILES string of the molecule is CCN(Cc1nccs1)CC(C)C(=O)O. The van der Waals surface area contributed by atoms with Gasteiger partial charge in [-0.05, 0) is 6.54 Å². The van der Waals surface area contributed by atoms with Crippen LogP contribution in [0.2, 0.25) is 0 Å². The van der Waals surface area contributed by atoms with Crippen molar-refractivity contribution in [2.45, 2.75) is 20.4 Å². The molecule has 1 unspecified atom stereocenters. The van der Waals surface area contributed by atoms with Crippen molar-refractivity contribution in [2.24, 2.45) is 5.92 Å². The van der Waals surface area contributed by atoms with Crippen LogP contribution in [0.1, 0.15) is 18.9 Å². The van der Waals surface area contributed by atoms with Gasteiger partial charge in [-0.2, -0.15) is 0 Å². The zero-order valence-corrected chi connectivity index (χ0v) is 9.83. The fourth-order valence-corrected chi connectivity index (χ4v) is 1.95. The van der Waals surface area contributed by atoms with Crippen LogP contribution in [-0.4, -0.2) is 34.0 Å². The first-order chi connectivity index (χ1) is 7.13. The molecule has 0 aliphatic carbocycles. The molecular formula is C10H16N2O2S. The normalized spacial score (nSPS) is 13.0. The van der Waals surface area contributed by atoms with Gasteiger partial charge in [-0.3, -0.25) is 9.69 Å². The molecule has 15 heavy (non-hydrogen) atoms. The van der Waals surface area contributed by atoms with Crippen molar-refractivity contribution in [1.82, 2.24) is 9.88 Å². The molecule has 1 N–H and O–H groups in total. The molecule has 1 rings (SSSR count). The third kappa shape index (κ3) is 3.97. The van der Waals surface area contributed by atoms with Gasteiger partial charge >= 0.3 is 5.97 Å². The average Bonchev–Trinajstić information content (AvgIpc) is 2.69. The van der Waals surface area contributed by atoms with Crippen molar-refractivity contribution in [3.05, 3.63) is 16.6 Å². The Hall–Kier alpha value is -0.940. The lowest BCUT2D eigenvalue weighted by Crippen LogP contribution is -2.31. The lowest BCUT2D eigenvalue weighted by Gasteiger charge is -2.21. The number of rotatable bonds is 6. The molecule has 4 nitrogen and oxygen atoms in total. The quantitative estimate of drug-likeness (QED) is 0.805. The Labute approximate surface area is 93.6 Å². The Morgan fingerprint density at radius 3 is 2.93 bits per heavy atom. The van der Waals surface area contributed by atoms with E-state index in [1.807, 2.05) is 12.3 Å². The fraction of sp³-hybridized carbons (Fsp3) is 0.600. The lowest BCUT2D eigenvalue weighted by molar-refractivity contribution is -0.141. The van der Waals surface area contributed by atoms with E-state index in [0.29, 0.717) is 6.54 Å². The highest BCUT2D eigenvalue weighted by Crippen LogP contribution is 2.09. The molecule has 0 fully saturated rings. The number of carbonyl (C=O) groups is 1. The highest BCUT2D eigenvalue weighted by Gasteiger charge is 2.15. The van der Waals surface area contributed by atoms with Crippen LogP contribution in [0, 0.1) is 5.92 Å². The van der Waals surface area contributed by atoms with Gasteiger partial charge in [-0.15, -0.1) is 11.3 Å².